The van der Waals surface area contributed by atoms with Crippen molar-refractivity contribution in [2.45, 2.75) is 70.7 Å². The summed E-state index contributed by atoms with van der Waals surface area (Å²) < 4.78 is 0. The second-order valence-electron chi connectivity index (χ2n) is 8.22. The van der Waals surface area contributed by atoms with E-state index in [2.05, 4.69) is 43.6 Å². The summed E-state index contributed by atoms with van der Waals surface area (Å²) in [5, 5.41) is 19.7. The normalized spacial score (nSPS) is 21.1. The van der Waals surface area contributed by atoms with Crippen molar-refractivity contribution in [3.63, 3.8) is 0 Å². The van der Waals surface area contributed by atoms with Crippen molar-refractivity contribution in [1.82, 2.24) is 16.0 Å². The molecule has 5 nitrogen and oxygen atoms in total. The van der Waals surface area contributed by atoms with Crippen LogP contribution in [0.25, 0.3) is 0 Å². The molecule has 1 heterocycles. The van der Waals surface area contributed by atoms with Gasteiger partial charge in [0.05, 0.1) is 6.10 Å². The van der Waals surface area contributed by atoms with Gasteiger partial charge < -0.3 is 21.1 Å². The van der Waals surface area contributed by atoms with Gasteiger partial charge in [0.15, 0.2) is 0 Å². The summed E-state index contributed by atoms with van der Waals surface area (Å²) in [6.45, 7) is 10.8. The van der Waals surface area contributed by atoms with Crippen molar-refractivity contribution in [3.8, 4) is 0 Å². The molecule has 1 aromatic carbocycles. The molecule has 0 aromatic heterocycles. The maximum atomic E-state index is 12.2. The molecule has 1 aliphatic heterocycles. The average Bonchev–Trinajstić information content (AvgIpc) is 2.41. The number of carbonyl (C=O) groups excluding carboxylic acids is 1. The van der Waals surface area contributed by atoms with E-state index in [1.165, 1.54) is 0 Å². The molecule has 0 bridgehead atoms. The molecule has 1 aliphatic rings. The highest BCUT2D eigenvalue weighted by Gasteiger charge is 2.38. The molecule has 0 saturated carbocycles. The van der Waals surface area contributed by atoms with Gasteiger partial charge in [-0.25, -0.2) is 4.79 Å². The van der Waals surface area contributed by atoms with Crippen molar-refractivity contribution in [2.75, 3.05) is 6.54 Å². The fraction of sp³-hybridized carbons (Fsp3) is 0.632. The van der Waals surface area contributed by atoms with Crippen LogP contribution in [0.15, 0.2) is 24.3 Å². The van der Waals surface area contributed by atoms with Crippen molar-refractivity contribution in [1.29, 1.82) is 0 Å². The van der Waals surface area contributed by atoms with Crippen LogP contribution in [0, 0.1) is 6.92 Å². The Kier molecular flexibility index (Phi) is 5.56. The molecule has 1 unspecified atom stereocenters. The molecule has 0 radical (unpaired) electrons. The quantitative estimate of drug-likeness (QED) is 0.684. The van der Waals surface area contributed by atoms with Crippen LogP contribution in [0.4, 0.5) is 4.79 Å². The first-order valence-electron chi connectivity index (χ1n) is 8.65. The van der Waals surface area contributed by atoms with E-state index >= 15 is 0 Å². The zero-order valence-corrected chi connectivity index (χ0v) is 15.4. The molecule has 1 aromatic rings. The van der Waals surface area contributed by atoms with Gasteiger partial charge in [0.25, 0.3) is 0 Å². The number of hydrogen-bond donors (Lipinski definition) is 4. The Bertz CT molecular complexity index is 568. The van der Waals surface area contributed by atoms with E-state index in [1.807, 2.05) is 31.2 Å². The summed E-state index contributed by atoms with van der Waals surface area (Å²) in [5.74, 6) is 0. The summed E-state index contributed by atoms with van der Waals surface area (Å²) in [5.41, 5.74) is 1.84. The number of aliphatic hydroxyl groups is 1. The van der Waals surface area contributed by atoms with Gasteiger partial charge in [-0.05, 0) is 58.6 Å². The minimum Gasteiger partial charge on any atom is -0.387 e. The number of aryl methyl sites for hydroxylation is 1. The van der Waals surface area contributed by atoms with Crippen molar-refractivity contribution >= 4 is 6.03 Å². The fourth-order valence-electron chi connectivity index (χ4n) is 3.92. The maximum Gasteiger partial charge on any atom is 0.315 e. The van der Waals surface area contributed by atoms with E-state index < -0.39 is 6.10 Å². The van der Waals surface area contributed by atoms with E-state index in [-0.39, 0.29) is 29.7 Å². The molecule has 0 spiro atoms. The lowest BCUT2D eigenvalue weighted by Gasteiger charge is -2.46. The van der Waals surface area contributed by atoms with Crippen LogP contribution in [-0.2, 0) is 0 Å². The molecule has 2 rings (SSSR count). The number of urea groups is 1. The first-order valence-corrected chi connectivity index (χ1v) is 8.65. The first-order chi connectivity index (χ1) is 11.1. The molecular formula is C19H31N3O2. The monoisotopic (exact) mass is 333 g/mol. The highest BCUT2D eigenvalue weighted by atomic mass is 16.3. The third kappa shape index (κ3) is 5.21. The smallest absolute Gasteiger partial charge is 0.315 e. The van der Waals surface area contributed by atoms with Crippen molar-refractivity contribution < 1.29 is 9.90 Å². The molecule has 134 valence electrons. The molecule has 1 atom stereocenters. The number of carbonyl (C=O) groups is 1. The Balaban J connectivity index is 1.86. The number of nitrogens with one attached hydrogen (secondary N) is 3. The fourth-order valence-corrected chi connectivity index (χ4v) is 3.92. The Morgan fingerprint density at radius 3 is 2.42 bits per heavy atom. The minimum atomic E-state index is -0.696. The molecule has 2 amide bonds. The summed E-state index contributed by atoms with van der Waals surface area (Å²) in [7, 11) is 0. The summed E-state index contributed by atoms with van der Waals surface area (Å²) in [4.78, 5) is 12.2. The number of aliphatic hydroxyl groups excluding tert-OH is 1. The molecule has 1 fully saturated rings. The number of piperidine rings is 1. The van der Waals surface area contributed by atoms with E-state index in [1.54, 1.807) is 0 Å². The zero-order chi connectivity index (χ0) is 18.0. The largest absolute Gasteiger partial charge is 0.387 e. The summed E-state index contributed by atoms with van der Waals surface area (Å²) in [6, 6.07) is 7.57. The van der Waals surface area contributed by atoms with Gasteiger partial charge in [-0.1, -0.05) is 24.3 Å². The molecule has 4 N–H and O–H groups in total. The lowest BCUT2D eigenvalue weighted by atomic mass is 9.80. The minimum absolute atomic E-state index is 0.0135. The Morgan fingerprint density at radius 1 is 1.25 bits per heavy atom. The predicted molar refractivity (Wildman–Crippen MR) is 97.0 cm³/mol. The maximum absolute atomic E-state index is 12.2. The highest BCUT2D eigenvalue weighted by molar-refractivity contribution is 5.74. The Labute approximate surface area is 145 Å². The Morgan fingerprint density at radius 2 is 1.83 bits per heavy atom. The third-order valence-electron chi connectivity index (χ3n) is 4.53. The molecule has 24 heavy (non-hydrogen) atoms. The zero-order valence-electron chi connectivity index (χ0n) is 15.4. The number of rotatable bonds is 4. The molecular weight excluding hydrogens is 302 g/mol. The first kappa shape index (κ1) is 18.7. The van der Waals surface area contributed by atoms with Gasteiger partial charge in [0.2, 0.25) is 0 Å². The number of amides is 2. The van der Waals surface area contributed by atoms with Gasteiger partial charge in [-0.15, -0.1) is 0 Å². The SMILES string of the molecule is Cc1ccccc1C(O)CNC(=O)NC1CC(C)(C)NC(C)(C)C1. The van der Waals surface area contributed by atoms with Gasteiger partial charge in [-0.2, -0.15) is 0 Å². The molecule has 0 aliphatic carbocycles. The van der Waals surface area contributed by atoms with E-state index in [4.69, 9.17) is 0 Å². The highest BCUT2D eigenvalue weighted by Crippen LogP contribution is 2.28. The lowest BCUT2D eigenvalue weighted by Crippen LogP contribution is -2.62. The van der Waals surface area contributed by atoms with Crippen molar-refractivity contribution in [3.05, 3.63) is 35.4 Å². The van der Waals surface area contributed by atoms with Crippen LogP contribution < -0.4 is 16.0 Å². The van der Waals surface area contributed by atoms with Crippen LogP contribution in [0.5, 0.6) is 0 Å². The lowest BCUT2D eigenvalue weighted by molar-refractivity contribution is 0.144. The standard InChI is InChI=1S/C19H31N3O2/c1-13-8-6-7-9-15(13)16(23)12-20-17(24)21-14-10-18(2,3)22-19(4,5)11-14/h6-9,14,16,22-23H,10-12H2,1-5H3,(H2,20,21,24). The summed E-state index contributed by atoms with van der Waals surface area (Å²) in [6.07, 6.45) is 1.06. The summed E-state index contributed by atoms with van der Waals surface area (Å²) >= 11 is 0. The third-order valence-corrected chi connectivity index (χ3v) is 4.53. The molecule has 1 saturated heterocycles. The second-order valence-corrected chi connectivity index (χ2v) is 8.22. The van der Waals surface area contributed by atoms with E-state index in [0.717, 1.165) is 24.0 Å². The van der Waals surface area contributed by atoms with Gasteiger partial charge in [-0.3, -0.25) is 0 Å². The topological polar surface area (TPSA) is 73.4 Å². The van der Waals surface area contributed by atoms with Crippen LogP contribution in [-0.4, -0.2) is 34.8 Å². The van der Waals surface area contributed by atoms with Gasteiger partial charge in [0.1, 0.15) is 0 Å². The number of hydrogen-bond acceptors (Lipinski definition) is 3. The van der Waals surface area contributed by atoms with Crippen LogP contribution >= 0.6 is 0 Å². The van der Waals surface area contributed by atoms with Gasteiger partial charge in [0, 0.05) is 23.7 Å². The Hall–Kier alpha value is -1.59. The number of benzene rings is 1. The van der Waals surface area contributed by atoms with Crippen molar-refractivity contribution in [2.24, 2.45) is 0 Å². The predicted octanol–water partition coefficient (Wildman–Crippen LogP) is 2.64. The van der Waals surface area contributed by atoms with E-state index in [9.17, 15) is 9.90 Å². The average molecular weight is 333 g/mol. The molecule has 5 heteroatoms. The van der Waals surface area contributed by atoms with Crippen LogP contribution in [0.2, 0.25) is 0 Å². The van der Waals surface area contributed by atoms with Gasteiger partial charge >= 0.3 is 6.03 Å². The second kappa shape index (κ2) is 7.11. The van der Waals surface area contributed by atoms with E-state index in [0.29, 0.717) is 0 Å². The van der Waals surface area contributed by atoms with Crippen LogP contribution in [0.3, 0.4) is 0 Å². The van der Waals surface area contributed by atoms with Crippen LogP contribution in [0.1, 0.15) is 57.8 Å².